The Hall–Kier alpha value is -4.78. The molecule has 12 nitrogen and oxygen atoms in total. The Morgan fingerprint density at radius 2 is 1.43 bits per heavy atom. The molecule has 1 aliphatic rings. The van der Waals surface area contributed by atoms with Gasteiger partial charge in [0, 0.05) is 33.8 Å². The van der Waals surface area contributed by atoms with Crippen LogP contribution in [0.1, 0.15) is 27.7 Å². The van der Waals surface area contributed by atoms with Gasteiger partial charge in [0.15, 0.2) is 17.6 Å². The smallest absolute Gasteiger partial charge is 0.303 e. The molecule has 222 valence electrons. The number of carbonyl (C=O) groups is 4. The number of esters is 4. The van der Waals surface area contributed by atoms with Gasteiger partial charge >= 0.3 is 23.9 Å². The molecule has 2 aromatic carbocycles. The minimum Gasteiger partial charge on any atom is -0.463 e. The van der Waals surface area contributed by atoms with Crippen molar-refractivity contribution in [1.82, 2.24) is 0 Å². The summed E-state index contributed by atoms with van der Waals surface area (Å²) in [5.41, 5.74) is 0.441. The fraction of sp³-hybridized carbons (Fsp3) is 0.345. The summed E-state index contributed by atoms with van der Waals surface area (Å²) in [5, 5.41) is 0.200. The van der Waals surface area contributed by atoms with Crippen LogP contribution in [-0.4, -0.2) is 61.2 Å². The zero-order valence-corrected chi connectivity index (χ0v) is 23.0. The maximum Gasteiger partial charge on any atom is 0.303 e. The summed E-state index contributed by atoms with van der Waals surface area (Å²) in [4.78, 5) is 60.6. The molecular weight excluding hydrogens is 559 g/mol. The highest BCUT2D eigenvalue weighted by Gasteiger charge is 2.53. The molecule has 42 heavy (non-hydrogen) atoms. The van der Waals surface area contributed by atoms with Crippen LogP contribution in [0.3, 0.4) is 0 Å². The number of carbonyl (C=O) groups excluding carboxylic acids is 4. The van der Waals surface area contributed by atoms with Crippen LogP contribution in [-0.2, 0) is 42.9 Å². The van der Waals surface area contributed by atoms with E-state index in [2.05, 4.69) is 0 Å². The lowest BCUT2D eigenvalue weighted by Crippen LogP contribution is -2.63. The third-order valence-electron chi connectivity index (χ3n) is 6.10. The van der Waals surface area contributed by atoms with Gasteiger partial charge in [-0.25, -0.2) is 4.39 Å². The third-order valence-corrected chi connectivity index (χ3v) is 6.10. The molecule has 0 saturated carbocycles. The lowest BCUT2D eigenvalue weighted by atomic mass is 9.98. The summed E-state index contributed by atoms with van der Waals surface area (Å²) in [6.45, 7) is 4.07. The number of fused-ring (bicyclic) bond motifs is 1. The Labute approximate surface area is 238 Å². The second kappa shape index (κ2) is 12.8. The van der Waals surface area contributed by atoms with Gasteiger partial charge in [-0.1, -0.05) is 12.1 Å². The zero-order valence-electron chi connectivity index (χ0n) is 23.0. The first kappa shape index (κ1) is 30.2. The van der Waals surface area contributed by atoms with E-state index in [-0.39, 0.29) is 27.7 Å². The normalized spacial score (nSPS) is 21.7. The number of benzene rings is 2. The molecule has 0 spiro atoms. The summed E-state index contributed by atoms with van der Waals surface area (Å²) < 4.78 is 52.1. The van der Waals surface area contributed by atoms with Crippen LogP contribution >= 0.6 is 0 Å². The van der Waals surface area contributed by atoms with Gasteiger partial charge < -0.3 is 32.8 Å². The van der Waals surface area contributed by atoms with Crippen molar-refractivity contribution in [3.05, 3.63) is 64.8 Å². The average molecular weight is 587 g/mol. The average Bonchev–Trinajstić information content (AvgIpc) is 2.91. The summed E-state index contributed by atoms with van der Waals surface area (Å²) in [6.07, 6.45) is -5.62. The van der Waals surface area contributed by atoms with E-state index in [0.29, 0.717) is 5.56 Å². The van der Waals surface area contributed by atoms with Crippen LogP contribution in [0.4, 0.5) is 4.39 Å². The standard InChI is InChI=1S/C29H27FO12/c1-14(31)36-13-24-26(38-15(2)32)27(39-16(3)33)28(40-17(4)34)29(42-24)41-20-9-10-21-23(11-20)37-12-22(25(21)35)18-5-7-19(30)8-6-18/h5-12,24,26-29H,13H2,1-4H3/t24-,26+,27-,28-,29+/m0/s1. The molecule has 1 saturated heterocycles. The predicted molar refractivity (Wildman–Crippen MR) is 140 cm³/mol. The molecule has 1 fully saturated rings. The van der Waals surface area contributed by atoms with E-state index in [9.17, 15) is 28.4 Å². The fourth-order valence-corrected chi connectivity index (χ4v) is 4.43. The summed E-state index contributed by atoms with van der Waals surface area (Å²) in [6, 6.07) is 9.62. The predicted octanol–water partition coefficient (Wildman–Crippen LogP) is 3.06. The number of hydrogen-bond acceptors (Lipinski definition) is 12. The highest BCUT2D eigenvalue weighted by Crippen LogP contribution is 2.32. The molecule has 3 aromatic rings. The third kappa shape index (κ3) is 7.10. The van der Waals surface area contributed by atoms with Crippen LogP contribution in [0.5, 0.6) is 5.75 Å². The Morgan fingerprint density at radius 3 is 2.05 bits per heavy atom. The van der Waals surface area contributed by atoms with E-state index in [1.165, 1.54) is 48.7 Å². The lowest BCUT2D eigenvalue weighted by Gasteiger charge is -2.43. The molecule has 2 heterocycles. The molecule has 0 radical (unpaired) electrons. The number of ether oxygens (including phenoxy) is 6. The van der Waals surface area contributed by atoms with Gasteiger partial charge in [0.2, 0.25) is 12.4 Å². The number of halogens is 1. The van der Waals surface area contributed by atoms with E-state index in [1.54, 1.807) is 0 Å². The highest BCUT2D eigenvalue weighted by atomic mass is 19.1. The van der Waals surface area contributed by atoms with Crippen LogP contribution < -0.4 is 10.2 Å². The van der Waals surface area contributed by atoms with Crippen molar-refractivity contribution in [1.29, 1.82) is 0 Å². The van der Waals surface area contributed by atoms with Crippen molar-refractivity contribution in [3.8, 4) is 16.9 Å². The Morgan fingerprint density at radius 1 is 0.810 bits per heavy atom. The van der Waals surface area contributed by atoms with E-state index in [4.69, 9.17) is 32.8 Å². The van der Waals surface area contributed by atoms with E-state index >= 15 is 0 Å². The van der Waals surface area contributed by atoms with Gasteiger partial charge in [-0.15, -0.1) is 0 Å². The Bertz CT molecular complexity index is 1550. The summed E-state index contributed by atoms with van der Waals surface area (Å²) in [7, 11) is 0. The van der Waals surface area contributed by atoms with Crippen molar-refractivity contribution in [2.24, 2.45) is 0 Å². The molecular formula is C29H27FO12. The summed E-state index contributed by atoms with van der Waals surface area (Å²) in [5.74, 6) is -3.35. The second-order valence-corrected chi connectivity index (χ2v) is 9.33. The topological polar surface area (TPSA) is 154 Å². The number of rotatable bonds is 8. The summed E-state index contributed by atoms with van der Waals surface area (Å²) >= 11 is 0. The van der Waals surface area contributed by atoms with Crippen molar-refractivity contribution >= 4 is 34.8 Å². The Kier molecular flexibility index (Phi) is 9.21. The van der Waals surface area contributed by atoms with Crippen LogP contribution in [0.25, 0.3) is 22.1 Å². The monoisotopic (exact) mass is 586 g/mol. The second-order valence-electron chi connectivity index (χ2n) is 9.33. The molecule has 0 N–H and O–H groups in total. The van der Waals surface area contributed by atoms with Crippen molar-refractivity contribution in [3.63, 3.8) is 0 Å². The molecule has 1 aromatic heterocycles. The fourth-order valence-electron chi connectivity index (χ4n) is 4.43. The van der Waals surface area contributed by atoms with Crippen molar-refractivity contribution in [2.75, 3.05) is 6.61 Å². The van der Waals surface area contributed by atoms with Gasteiger partial charge in [-0.3, -0.25) is 24.0 Å². The van der Waals surface area contributed by atoms with Crippen LogP contribution in [0.15, 0.2) is 57.9 Å². The molecule has 0 aliphatic carbocycles. The zero-order chi connectivity index (χ0) is 30.6. The Balaban J connectivity index is 1.70. The minimum atomic E-state index is -1.46. The van der Waals surface area contributed by atoms with Gasteiger partial charge in [0.25, 0.3) is 0 Å². The van der Waals surface area contributed by atoms with E-state index in [0.717, 1.165) is 27.7 Å². The maximum atomic E-state index is 13.3. The first-order valence-electron chi connectivity index (χ1n) is 12.7. The van der Waals surface area contributed by atoms with Crippen molar-refractivity contribution < 1.29 is 56.4 Å². The first-order valence-corrected chi connectivity index (χ1v) is 12.7. The first-order chi connectivity index (χ1) is 19.9. The van der Waals surface area contributed by atoms with E-state index in [1.807, 2.05) is 0 Å². The van der Waals surface area contributed by atoms with Gasteiger partial charge in [-0.05, 0) is 29.8 Å². The molecule has 0 bridgehead atoms. The quantitative estimate of drug-likeness (QED) is 0.281. The van der Waals surface area contributed by atoms with Gasteiger partial charge in [0.05, 0.1) is 10.9 Å². The van der Waals surface area contributed by atoms with Crippen LogP contribution in [0.2, 0.25) is 0 Å². The number of hydrogen-bond donors (Lipinski definition) is 0. The molecule has 5 atom stereocenters. The lowest BCUT2D eigenvalue weighted by molar-refractivity contribution is -0.288. The molecule has 13 heteroatoms. The largest absolute Gasteiger partial charge is 0.463 e. The highest BCUT2D eigenvalue weighted by molar-refractivity contribution is 5.82. The van der Waals surface area contributed by atoms with E-state index < -0.39 is 67.0 Å². The molecule has 0 amide bonds. The minimum absolute atomic E-state index is 0.0982. The van der Waals surface area contributed by atoms with Crippen LogP contribution in [0, 0.1) is 5.82 Å². The van der Waals surface area contributed by atoms with Gasteiger partial charge in [-0.2, -0.15) is 0 Å². The molecule has 0 unspecified atom stereocenters. The van der Waals surface area contributed by atoms with Gasteiger partial charge in [0.1, 0.15) is 36.1 Å². The van der Waals surface area contributed by atoms with Crippen molar-refractivity contribution in [2.45, 2.75) is 58.4 Å². The molecule has 4 rings (SSSR count). The maximum absolute atomic E-state index is 13.3. The molecule has 1 aliphatic heterocycles. The SMILES string of the molecule is CC(=O)OC[C@@H]1O[C@@H](Oc2ccc3c(=O)c(-c4ccc(F)cc4)coc3c2)[C@@H](OC(C)=O)[C@@H](OC(C)=O)[C@@H]1OC(C)=O.